The van der Waals surface area contributed by atoms with Crippen LogP contribution in [0.1, 0.15) is 57.3 Å². The van der Waals surface area contributed by atoms with Crippen LogP contribution < -0.4 is 17.2 Å². The molecule has 1 saturated carbocycles. The SMILES string of the molecule is CC(C)n1c([C@@H]2CCCC[C@@H]2N)nc2c(N)nc(N)nc21. The highest BCUT2D eigenvalue weighted by Gasteiger charge is 2.30. The second kappa shape index (κ2) is 5.14. The van der Waals surface area contributed by atoms with Crippen LogP contribution in [0.3, 0.4) is 0 Å². The van der Waals surface area contributed by atoms with Crippen molar-refractivity contribution in [1.29, 1.82) is 0 Å². The third-order valence-corrected chi connectivity index (χ3v) is 4.28. The summed E-state index contributed by atoms with van der Waals surface area (Å²) in [7, 11) is 0. The Morgan fingerprint density at radius 3 is 2.48 bits per heavy atom. The van der Waals surface area contributed by atoms with E-state index < -0.39 is 0 Å². The lowest BCUT2D eigenvalue weighted by molar-refractivity contribution is 0.360. The molecule has 7 nitrogen and oxygen atoms in total. The van der Waals surface area contributed by atoms with Gasteiger partial charge in [-0.2, -0.15) is 9.97 Å². The van der Waals surface area contributed by atoms with Gasteiger partial charge in [0.2, 0.25) is 5.95 Å². The van der Waals surface area contributed by atoms with Gasteiger partial charge in [-0.25, -0.2) is 4.98 Å². The summed E-state index contributed by atoms with van der Waals surface area (Å²) >= 11 is 0. The minimum absolute atomic E-state index is 0.139. The van der Waals surface area contributed by atoms with Gasteiger partial charge in [-0.3, -0.25) is 0 Å². The highest BCUT2D eigenvalue weighted by molar-refractivity contribution is 5.83. The summed E-state index contributed by atoms with van der Waals surface area (Å²) in [4.78, 5) is 13.1. The first kappa shape index (κ1) is 14.1. The molecule has 1 aliphatic rings. The van der Waals surface area contributed by atoms with Crippen molar-refractivity contribution >= 4 is 22.9 Å². The van der Waals surface area contributed by atoms with E-state index in [1.165, 1.54) is 12.8 Å². The zero-order valence-corrected chi connectivity index (χ0v) is 12.6. The summed E-state index contributed by atoms with van der Waals surface area (Å²) in [6.45, 7) is 4.21. The largest absolute Gasteiger partial charge is 0.382 e. The number of hydrogen-bond acceptors (Lipinski definition) is 6. The minimum Gasteiger partial charge on any atom is -0.382 e. The maximum absolute atomic E-state index is 6.32. The Hall–Kier alpha value is -1.89. The predicted octanol–water partition coefficient (Wildman–Crippen LogP) is 1.56. The third-order valence-electron chi connectivity index (χ3n) is 4.28. The van der Waals surface area contributed by atoms with E-state index in [-0.39, 0.29) is 23.9 Å². The van der Waals surface area contributed by atoms with Crippen LogP contribution >= 0.6 is 0 Å². The standard InChI is InChI=1S/C14H23N7/c1-7(2)21-12(8-5-3-4-6-9(8)15)18-10-11(16)19-14(17)20-13(10)21/h7-9H,3-6,15H2,1-2H3,(H4,16,17,19,20)/t8-,9+/m1/s1. The van der Waals surface area contributed by atoms with Crippen molar-refractivity contribution < 1.29 is 0 Å². The molecule has 0 unspecified atom stereocenters. The molecule has 0 spiro atoms. The van der Waals surface area contributed by atoms with Crippen LogP contribution in [0.4, 0.5) is 11.8 Å². The molecule has 0 saturated heterocycles. The fourth-order valence-corrected chi connectivity index (χ4v) is 3.28. The molecule has 3 rings (SSSR count). The summed E-state index contributed by atoms with van der Waals surface area (Å²) in [5.74, 6) is 1.73. The number of fused-ring (bicyclic) bond motifs is 1. The Morgan fingerprint density at radius 1 is 1.10 bits per heavy atom. The smallest absolute Gasteiger partial charge is 0.224 e. The normalized spacial score (nSPS) is 23.0. The van der Waals surface area contributed by atoms with Crippen LogP contribution in [0.25, 0.3) is 11.2 Å². The Kier molecular flexibility index (Phi) is 3.44. The zero-order chi connectivity index (χ0) is 15.1. The Morgan fingerprint density at radius 2 is 1.81 bits per heavy atom. The van der Waals surface area contributed by atoms with Crippen LogP contribution in [0, 0.1) is 0 Å². The molecule has 0 amide bonds. The van der Waals surface area contributed by atoms with E-state index in [9.17, 15) is 0 Å². The van der Waals surface area contributed by atoms with E-state index in [4.69, 9.17) is 22.2 Å². The lowest BCUT2D eigenvalue weighted by Crippen LogP contribution is -2.33. The quantitative estimate of drug-likeness (QED) is 0.771. The van der Waals surface area contributed by atoms with E-state index >= 15 is 0 Å². The maximum Gasteiger partial charge on any atom is 0.224 e. The Balaban J connectivity index is 2.22. The second-order valence-corrected chi connectivity index (χ2v) is 6.13. The lowest BCUT2D eigenvalue weighted by Gasteiger charge is -2.29. The van der Waals surface area contributed by atoms with Crippen molar-refractivity contribution in [3.63, 3.8) is 0 Å². The molecule has 0 bridgehead atoms. The van der Waals surface area contributed by atoms with E-state index in [1.807, 2.05) is 0 Å². The van der Waals surface area contributed by atoms with Crippen molar-refractivity contribution in [3.05, 3.63) is 5.82 Å². The van der Waals surface area contributed by atoms with Crippen molar-refractivity contribution in [2.24, 2.45) is 5.73 Å². The van der Waals surface area contributed by atoms with Gasteiger partial charge in [-0.15, -0.1) is 0 Å². The molecule has 114 valence electrons. The fourth-order valence-electron chi connectivity index (χ4n) is 3.28. The number of nitrogens with zero attached hydrogens (tertiary/aromatic N) is 4. The van der Waals surface area contributed by atoms with Gasteiger partial charge in [0.05, 0.1) is 0 Å². The fraction of sp³-hybridized carbons (Fsp3) is 0.643. The van der Waals surface area contributed by atoms with E-state index in [0.29, 0.717) is 17.0 Å². The summed E-state index contributed by atoms with van der Waals surface area (Å²) in [6, 6.07) is 0.354. The van der Waals surface area contributed by atoms with Crippen LogP contribution in [0.2, 0.25) is 0 Å². The van der Waals surface area contributed by atoms with Crippen LogP contribution in [0.15, 0.2) is 0 Å². The monoisotopic (exact) mass is 289 g/mol. The van der Waals surface area contributed by atoms with Gasteiger partial charge in [0.25, 0.3) is 0 Å². The van der Waals surface area contributed by atoms with Crippen molar-refractivity contribution in [3.8, 4) is 0 Å². The predicted molar refractivity (Wildman–Crippen MR) is 83.7 cm³/mol. The van der Waals surface area contributed by atoms with Gasteiger partial charge in [0.15, 0.2) is 17.0 Å². The van der Waals surface area contributed by atoms with Crippen LogP contribution in [-0.2, 0) is 0 Å². The summed E-state index contributed by atoms with van der Waals surface area (Å²) in [6.07, 6.45) is 4.47. The van der Waals surface area contributed by atoms with Gasteiger partial charge < -0.3 is 21.8 Å². The Labute approximate surface area is 123 Å². The van der Waals surface area contributed by atoms with Gasteiger partial charge >= 0.3 is 0 Å². The average molecular weight is 289 g/mol. The number of nitrogens with two attached hydrogens (primary N) is 3. The molecule has 2 aromatic heterocycles. The molecule has 0 aliphatic heterocycles. The van der Waals surface area contributed by atoms with Crippen molar-refractivity contribution in [2.45, 2.75) is 57.5 Å². The second-order valence-electron chi connectivity index (χ2n) is 6.13. The lowest BCUT2D eigenvalue weighted by atomic mass is 9.84. The average Bonchev–Trinajstić information content (AvgIpc) is 2.78. The summed E-state index contributed by atoms with van der Waals surface area (Å²) in [5, 5.41) is 0. The molecule has 0 aromatic carbocycles. The summed E-state index contributed by atoms with van der Waals surface area (Å²) in [5.41, 5.74) is 19.4. The van der Waals surface area contributed by atoms with Crippen molar-refractivity contribution in [1.82, 2.24) is 19.5 Å². The highest BCUT2D eigenvalue weighted by Crippen LogP contribution is 2.35. The molecular formula is C14H23N7. The van der Waals surface area contributed by atoms with E-state index in [1.54, 1.807) is 0 Å². The molecule has 2 heterocycles. The Bertz CT molecular complexity index is 661. The first-order chi connectivity index (χ1) is 9.99. The molecular weight excluding hydrogens is 266 g/mol. The van der Waals surface area contributed by atoms with Crippen LogP contribution in [0.5, 0.6) is 0 Å². The molecule has 0 radical (unpaired) electrons. The molecule has 21 heavy (non-hydrogen) atoms. The van der Waals surface area contributed by atoms with Gasteiger partial charge in [0, 0.05) is 18.0 Å². The molecule has 1 aliphatic carbocycles. The van der Waals surface area contributed by atoms with E-state index in [2.05, 4.69) is 28.4 Å². The molecule has 6 N–H and O–H groups in total. The number of nitrogen functional groups attached to an aromatic ring is 2. The third kappa shape index (κ3) is 2.31. The zero-order valence-electron chi connectivity index (χ0n) is 12.6. The molecule has 1 fully saturated rings. The van der Waals surface area contributed by atoms with Gasteiger partial charge in [-0.1, -0.05) is 12.8 Å². The number of anilines is 2. The van der Waals surface area contributed by atoms with Crippen LogP contribution in [-0.4, -0.2) is 25.6 Å². The molecule has 2 atom stereocenters. The minimum atomic E-state index is 0.139. The van der Waals surface area contributed by atoms with Crippen molar-refractivity contribution in [2.75, 3.05) is 11.5 Å². The topological polar surface area (TPSA) is 122 Å². The first-order valence-electron chi connectivity index (χ1n) is 7.55. The maximum atomic E-state index is 6.32. The highest BCUT2D eigenvalue weighted by atomic mass is 15.2. The number of imidazole rings is 1. The number of rotatable bonds is 2. The van der Waals surface area contributed by atoms with Gasteiger partial charge in [0.1, 0.15) is 5.82 Å². The molecule has 2 aromatic rings. The number of hydrogen-bond donors (Lipinski definition) is 3. The molecule has 7 heteroatoms. The summed E-state index contributed by atoms with van der Waals surface area (Å²) < 4.78 is 2.11. The number of aromatic nitrogens is 4. The van der Waals surface area contributed by atoms with Gasteiger partial charge in [-0.05, 0) is 26.7 Å². The first-order valence-corrected chi connectivity index (χ1v) is 7.55. The van der Waals surface area contributed by atoms with E-state index in [0.717, 1.165) is 18.7 Å².